The Morgan fingerprint density at radius 1 is 1.00 bits per heavy atom. The van der Waals surface area contributed by atoms with Gasteiger partial charge in [0.15, 0.2) is 0 Å². The Hall–Kier alpha value is -2.20. The molecule has 2 aromatic carbocycles. The fourth-order valence-corrected chi connectivity index (χ4v) is 2.63. The van der Waals surface area contributed by atoms with Gasteiger partial charge < -0.3 is 0 Å². The van der Waals surface area contributed by atoms with Crippen LogP contribution < -0.4 is 0 Å². The van der Waals surface area contributed by atoms with Crippen molar-refractivity contribution in [1.82, 2.24) is 4.90 Å². The Balaban J connectivity index is 1.57. The fraction of sp³-hybridized carbons (Fsp3) is 0.250. The second kappa shape index (κ2) is 5.43. The number of nitro benzene ring substituents is 1. The number of non-ortho nitro benzene ring substituents is 1. The van der Waals surface area contributed by atoms with Crippen LogP contribution in [-0.4, -0.2) is 16.4 Å². The highest BCUT2D eigenvalue weighted by Gasteiger charge is 2.17. The van der Waals surface area contributed by atoms with Crippen molar-refractivity contribution in [1.29, 1.82) is 0 Å². The number of benzene rings is 2. The molecule has 102 valence electrons. The molecule has 3 rings (SSSR count). The first-order valence-electron chi connectivity index (χ1n) is 6.75. The summed E-state index contributed by atoms with van der Waals surface area (Å²) in [6.07, 6.45) is 0.923. The summed E-state index contributed by atoms with van der Waals surface area (Å²) in [7, 11) is 0. The van der Waals surface area contributed by atoms with Crippen LogP contribution in [0, 0.1) is 10.1 Å². The molecule has 0 radical (unpaired) electrons. The first kappa shape index (κ1) is 12.8. The van der Waals surface area contributed by atoms with Crippen LogP contribution in [0.25, 0.3) is 0 Å². The maximum Gasteiger partial charge on any atom is 0.269 e. The molecule has 0 bridgehead atoms. The number of rotatable bonds is 4. The lowest BCUT2D eigenvalue weighted by molar-refractivity contribution is -0.384. The van der Waals surface area contributed by atoms with E-state index in [1.165, 1.54) is 11.1 Å². The van der Waals surface area contributed by atoms with E-state index in [9.17, 15) is 10.1 Å². The zero-order valence-corrected chi connectivity index (χ0v) is 11.2. The third kappa shape index (κ3) is 2.70. The number of hydrogen-bond acceptors (Lipinski definition) is 3. The predicted molar refractivity (Wildman–Crippen MR) is 77.4 cm³/mol. The highest BCUT2D eigenvalue weighted by molar-refractivity contribution is 5.33. The van der Waals surface area contributed by atoms with Gasteiger partial charge in [-0.15, -0.1) is 0 Å². The predicted octanol–water partition coefficient (Wildman–Crippen LogP) is 3.15. The summed E-state index contributed by atoms with van der Waals surface area (Å²) in [5, 5.41) is 10.6. The van der Waals surface area contributed by atoms with E-state index in [0.29, 0.717) is 0 Å². The number of nitrogens with zero attached hydrogens (tertiary/aromatic N) is 2. The van der Waals surface area contributed by atoms with Crippen LogP contribution >= 0.6 is 0 Å². The lowest BCUT2D eigenvalue weighted by Crippen LogP contribution is -2.19. The molecule has 4 nitrogen and oxygen atoms in total. The Morgan fingerprint density at radius 2 is 1.60 bits per heavy atom. The number of nitro groups is 1. The summed E-state index contributed by atoms with van der Waals surface area (Å²) in [6, 6.07) is 15.4. The zero-order chi connectivity index (χ0) is 13.9. The van der Waals surface area contributed by atoms with Crippen molar-refractivity contribution in [2.45, 2.75) is 19.5 Å². The minimum absolute atomic E-state index is 0.155. The second-order valence-corrected chi connectivity index (χ2v) is 5.15. The summed E-state index contributed by atoms with van der Waals surface area (Å²) in [5.41, 5.74) is 4.13. The molecule has 0 saturated heterocycles. The fourth-order valence-electron chi connectivity index (χ4n) is 2.63. The van der Waals surface area contributed by atoms with Crippen LogP contribution in [-0.2, 0) is 19.5 Å². The van der Waals surface area contributed by atoms with E-state index in [1.54, 1.807) is 12.1 Å². The van der Waals surface area contributed by atoms with Gasteiger partial charge in [-0.3, -0.25) is 15.0 Å². The van der Waals surface area contributed by atoms with E-state index in [1.807, 2.05) is 12.1 Å². The van der Waals surface area contributed by atoms with Crippen LogP contribution in [0.15, 0.2) is 48.5 Å². The molecule has 0 aromatic heterocycles. The highest BCUT2D eigenvalue weighted by Crippen LogP contribution is 2.22. The second-order valence-electron chi connectivity index (χ2n) is 5.15. The lowest BCUT2D eigenvalue weighted by atomic mass is 10.1. The maximum atomic E-state index is 10.6. The minimum atomic E-state index is -0.360. The molecule has 0 aliphatic carbocycles. The first-order valence-corrected chi connectivity index (χ1v) is 6.75. The van der Waals surface area contributed by atoms with Gasteiger partial charge in [-0.1, -0.05) is 36.4 Å². The van der Waals surface area contributed by atoms with Crippen LogP contribution in [0.2, 0.25) is 0 Å². The SMILES string of the molecule is O=[N+]([O-])c1ccc(CCN2Cc3ccccc3C2)cc1. The molecule has 0 N–H and O–H groups in total. The van der Waals surface area contributed by atoms with Gasteiger partial charge in [0.2, 0.25) is 0 Å². The van der Waals surface area contributed by atoms with Gasteiger partial charge in [-0.25, -0.2) is 0 Å². The molecule has 0 saturated carbocycles. The van der Waals surface area contributed by atoms with Crippen molar-refractivity contribution in [3.05, 3.63) is 75.3 Å². The average molecular weight is 268 g/mol. The van der Waals surface area contributed by atoms with Crippen molar-refractivity contribution in [3.8, 4) is 0 Å². The molecular formula is C16H16N2O2. The van der Waals surface area contributed by atoms with Gasteiger partial charge in [-0.2, -0.15) is 0 Å². The van der Waals surface area contributed by atoms with Gasteiger partial charge in [-0.05, 0) is 23.1 Å². The van der Waals surface area contributed by atoms with E-state index in [-0.39, 0.29) is 10.6 Å². The zero-order valence-electron chi connectivity index (χ0n) is 11.2. The third-order valence-corrected chi connectivity index (χ3v) is 3.77. The third-order valence-electron chi connectivity index (χ3n) is 3.77. The summed E-state index contributed by atoms with van der Waals surface area (Å²) in [4.78, 5) is 12.7. The normalized spacial score (nSPS) is 14.2. The molecule has 0 atom stereocenters. The largest absolute Gasteiger partial charge is 0.294 e. The summed E-state index contributed by atoms with van der Waals surface area (Å²) >= 11 is 0. The molecule has 1 heterocycles. The minimum Gasteiger partial charge on any atom is -0.294 e. The maximum absolute atomic E-state index is 10.6. The lowest BCUT2D eigenvalue weighted by Gasteiger charge is -2.14. The van der Waals surface area contributed by atoms with Gasteiger partial charge >= 0.3 is 0 Å². The van der Waals surface area contributed by atoms with E-state index in [2.05, 4.69) is 29.2 Å². The van der Waals surface area contributed by atoms with E-state index in [0.717, 1.165) is 31.6 Å². The summed E-state index contributed by atoms with van der Waals surface area (Å²) in [6.45, 7) is 2.98. The molecule has 1 aliphatic rings. The Labute approximate surface area is 117 Å². The molecule has 1 aliphatic heterocycles. The molecule has 20 heavy (non-hydrogen) atoms. The molecule has 0 fully saturated rings. The molecule has 0 spiro atoms. The van der Waals surface area contributed by atoms with Crippen LogP contribution in [0.1, 0.15) is 16.7 Å². The van der Waals surface area contributed by atoms with Crippen LogP contribution in [0.4, 0.5) is 5.69 Å². The van der Waals surface area contributed by atoms with E-state index in [4.69, 9.17) is 0 Å². The van der Waals surface area contributed by atoms with E-state index >= 15 is 0 Å². The monoisotopic (exact) mass is 268 g/mol. The van der Waals surface area contributed by atoms with Gasteiger partial charge in [0, 0.05) is 31.8 Å². The Morgan fingerprint density at radius 3 is 2.15 bits per heavy atom. The van der Waals surface area contributed by atoms with Gasteiger partial charge in [0.25, 0.3) is 5.69 Å². The topological polar surface area (TPSA) is 46.4 Å². The molecule has 4 heteroatoms. The summed E-state index contributed by atoms with van der Waals surface area (Å²) < 4.78 is 0. The molecule has 0 unspecified atom stereocenters. The molecule has 0 amide bonds. The van der Waals surface area contributed by atoms with Crippen molar-refractivity contribution in [3.63, 3.8) is 0 Å². The van der Waals surface area contributed by atoms with Crippen molar-refractivity contribution in [2.75, 3.05) is 6.54 Å². The van der Waals surface area contributed by atoms with Crippen molar-refractivity contribution < 1.29 is 4.92 Å². The Kier molecular flexibility index (Phi) is 3.48. The standard InChI is InChI=1S/C16H16N2O2/c19-18(20)16-7-5-13(6-8-16)9-10-17-11-14-3-1-2-4-15(14)12-17/h1-8H,9-12H2. The van der Waals surface area contributed by atoms with Gasteiger partial charge in [0.05, 0.1) is 4.92 Å². The first-order chi connectivity index (χ1) is 9.72. The highest BCUT2D eigenvalue weighted by atomic mass is 16.6. The van der Waals surface area contributed by atoms with Crippen molar-refractivity contribution >= 4 is 5.69 Å². The quantitative estimate of drug-likeness (QED) is 0.632. The average Bonchev–Trinajstić information content (AvgIpc) is 2.88. The van der Waals surface area contributed by atoms with Gasteiger partial charge in [0.1, 0.15) is 0 Å². The number of fused-ring (bicyclic) bond motifs is 1. The smallest absolute Gasteiger partial charge is 0.269 e. The van der Waals surface area contributed by atoms with Crippen molar-refractivity contribution in [2.24, 2.45) is 0 Å². The van der Waals surface area contributed by atoms with Crippen LogP contribution in [0.3, 0.4) is 0 Å². The molecular weight excluding hydrogens is 252 g/mol. The Bertz CT molecular complexity index is 598. The number of hydrogen-bond donors (Lipinski definition) is 0. The van der Waals surface area contributed by atoms with Crippen LogP contribution in [0.5, 0.6) is 0 Å². The summed E-state index contributed by atoms with van der Waals surface area (Å²) in [5.74, 6) is 0. The van der Waals surface area contributed by atoms with E-state index < -0.39 is 0 Å². The molecule has 2 aromatic rings.